The van der Waals surface area contributed by atoms with Crippen LogP contribution >= 0.6 is 0 Å². The molecular weight excluding hydrogens is 241 g/mol. The van der Waals surface area contributed by atoms with Crippen LogP contribution < -0.4 is 5.73 Å². The number of nitrogens with zero attached hydrogens (tertiary/aromatic N) is 2. The molecule has 1 aromatic carbocycles. The van der Waals surface area contributed by atoms with Crippen LogP contribution in [0.25, 0.3) is 0 Å². The van der Waals surface area contributed by atoms with Crippen molar-refractivity contribution >= 4 is 0 Å². The zero-order chi connectivity index (χ0) is 14.4. The topological polar surface area (TPSA) is 32.5 Å². The largest absolute Gasteiger partial charge is 0.329 e. The van der Waals surface area contributed by atoms with E-state index in [1.54, 1.807) is 13.0 Å². The predicted molar refractivity (Wildman–Crippen MR) is 78.7 cm³/mol. The quantitative estimate of drug-likeness (QED) is 0.820. The van der Waals surface area contributed by atoms with Crippen LogP contribution in [-0.2, 0) is 0 Å². The second-order valence-electron chi connectivity index (χ2n) is 5.40. The third kappa shape index (κ3) is 4.90. The summed E-state index contributed by atoms with van der Waals surface area (Å²) in [4.78, 5) is 4.37. The van der Waals surface area contributed by atoms with Gasteiger partial charge >= 0.3 is 0 Å². The summed E-state index contributed by atoms with van der Waals surface area (Å²) in [5, 5.41) is 0. The molecule has 0 aliphatic heterocycles. The molecule has 0 saturated carbocycles. The van der Waals surface area contributed by atoms with Crippen molar-refractivity contribution in [3.05, 3.63) is 35.1 Å². The first kappa shape index (κ1) is 16.1. The van der Waals surface area contributed by atoms with E-state index in [4.69, 9.17) is 5.73 Å². The normalized spacial score (nSPS) is 13.3. The van der Waals surface area contributed by atoms with Crippen LogP contribution in [0.4, 0.5) is 4.39 Å². The lowest BCUT2D eigenvalue weighted by Crippen LogP contribution is -2.32. The van der Waals surface area contributed by atoms with Crippen LogP contribution in [0.15, 0.2) is 18.2 Å². The molecule has 3 nitrogen and oxygen atoms in total. The first-order valence-corrected chi connectivity index (χ1v) is 6.76. The van der Waals surface area contributed by atoms with E-state index < -0.39 is 0 Å². The van der Waals surface area contributed by atoms with Gasteiger partial charge in [0.15, 0.2) is 0 Å². The van der Waals surface area contributed by atoms with Crippen molar-refractivity contribution in [1.29, 1.82) is 0 Å². The summed E-state index contributed by atoms with van der Waals surface area (Å²) in [7, 11) is 6.18. The molecule has 0 heterocycles. The molecule has 1 atom stereocenters. The van der Waals surface area contributed by atoms with Gasteiger partial charge in [0, 0.05) is 12.6 Å². The van der Waals surface area contributed by atoms with Crippen molar-refractivity contribution in [2.24, 2.45) is 5.73 Å². The molecule has 1 rings (SSSR count). The maximum Gasteiger partial charge on any atom is 0.126 e. The average Bonchev–Trinajstić information content (AvgIpc) is 2.34. The van der Waals surface area contributed by atoms with Crippen molar-refractivity contribution in [2.45, 2.75) is 19.4 Å². The van der Waals surface area contributed by atoms with Gasteiger partial charge in [0.1, 0.15) is 5.82 Å². The van der Waals surface area contributed by atoms with Gasteiger partial charge in [-0.05, 0) is 64.8 Å². The maximum absolute atomic E-state index is 13.6. The number of halogens is 1. The van der Waals surface area contributed by atoms with E-state index in [9.17, 15) is 4.39 Å². The first-order chi connectivity index (χ1) is 8.95. The summed E-state index contributed by atoms with van der Waals surface area (Å²) < 4.78 is 13.6. The fourth-order valence-electron chi connectivity index (χ4n) is 2.18. The number of benzene rings is 1. The number of hydrogen-bond acceptors (Lipinski definition) is 3. The van der Waals surface area contributed by atoms with Crippen LogP contribution in [0.1, 0.15) is 23.6 Å². The fraction of sp³-hybridized carbons (Fsp3) is 0.600. The Morgan fingerprint density at radius 3 is 2.42 bits per heavy atom. The van der Waals surface area contributed by atoms with Gasteiger partial charge in [-0.25, -0.2) is 4.39 Å². The fourth-order valence-corrected chi connectivity index (χ4v) is 2.18. The Hall–Kier alpha value is -0.970. The van der Waals surface area contributed by atoms with Gasteiger partial charge in [0.05, 0.1) is 0 Å². The van der Waals surface area contributed by atoms with Crippen molar-refractivity contribution in [3.63, 3.8) is 0 Å². The molecule has 0 fully saturated rings. The summed E-state index contributed by atoms with van der Waals surface area (Å²) in [5.41, 5.74) is 7.48. The van der Waals surface area contributed by atoms with E-state index in [2.05, 4.69) is 23.9 Å². The molecule has 0 radical (unpaired) electrons. The summed E-state index contributed by atoms with van der Waals surface area (Å²) in [6.45, 7) is 4.28. The van der Waals surface area contributed by atoms with E-state index in [-0.39, 0.29) is 11.9 Å². The smallest absolute Gasteiger partial charge is 0.126 e. The molecule has 108 valence electrons. The Bertz CT molecular complexity index is 393. The average molecular weight is 267 g/mol. The van der Waals surface area contributed by atoms with Crippen molar-refractivity contribution in [1.82, 2.24) is 9.80 Å². The molecule has 0 spiro atoms. The van der Waals surface area contributed by atoms with Crippen molar-refractivity contribution < 1.29 is 4.39 Å². The molecule has 0 aromatic heterocycles. The highest BCUT2D eigenvalue weighted by molar-refractivity contribution is 5.26. The van der Waals surface area contributed by atoms with Crippen molar-refractivity contribution in [2.75, 3.05) is 40.8 Å². The van der Waals surface area contributed by atoms with Crippen LogP contribution in [-0.4, -0.2) is 50.6 Å². The molecule has 2 N–H and O–H groups in total. The molecule has 4 heteroatoms. The van der Waals surface area contributed by atoms with Gasteiger partial charge in [-0.3, -0.25) is 4.90 Å². The molecule has 0 aliphatic rings. The number of hydrogen-bond donors (Lipinski definition) is 1. The van der Waals surface area contributed by atoms with Gasteiger partial charge in [-0.15, -0.1) is 0 Å². The molecule has 0 bridgehead atoms. The highest BCUT2D eigenvalue weighted by atomic mass is 19.1. The third-order valence-corrected chi connectivity index (χ3v) is 3.45. The van der Waals surface area contributed by atoms with Crippen LogP contribution in [0, 0.1) is 12.7 Å². The molecular formula is C15H26FN3. The minimum Gasteiger partial charge on any atom is -0.329 e. The first-order valence-electron chi connectivity index (χ1n) is 6.76. The Balaban J connectivity index is 2.67. The van der Waals surface area contributed by atoms with Gasteiger partial charge in [0.25, 0.3) is 0 Å². The molecule has 0 saturated heterocycles. The lowest BCUT2D eigenvalue weighted by molar-refractivity contribution is 0.235. The zero-order valence-electron chi connectivity index (χ0n) is 12.5. The maximum atomic E-state index is 13.6. The summed E-state index contributed by atoms with van der Waals surface area (Å²) in [6.07, 6.45) is 1.08. The van der Waals surface area contributed by atoms with Gasteiger partial charge < -0.3 is 10.6 Å². The van der Waals surface area contributed by atoms with Crippen LogP contribution in [0.3, 0.4) is 0 Å². The zero-order valence-corrected chi connectivity index (χ0v) is 12.5. The lowest BCUT2D eigenvalue weighted by atomic mass is 10.0. The van der Waals surface area contributed by atoms with E-state index in [0.29, 0.717) is 12.1 Å². The Morgan fingerprint density at radius 2 is 1.89 bits per heavy atom. The molecule has 1 unspecified atom stereocenters. The third-order valence-electron chi connectivity index (χ3n) is 3.45. The number of rotatable bonds is 7. The Morgan fingerprint density at radius 1 is 1.21 bits per heavy atom. The van der Waals surface area contributed by atoms with Crippen molar-refractivity contribution in [3.8, 4) is 0 Å². The second kappa shape index (κ2) is 7.58. The minimum atomic E-state index is -0.155. The molecule has 0 amide bonds. The highest BCUT2D eigenvalue weighted by Crippen LogP contribution is 2.20. The summed E-state index contributed by atoms with van der Waals surface area (Å²) in [5.74, 6) is -0.155. The number of aryl methyl sites for hydroxylation is 1. The highest BCUT2D eigenvalue weighted by Gasteiger charge is 2.16. The minimum absolute atomic E-state index is 0.0808. The monoisotopic (exact) mass is 267 g/mol. The van der Waals surface area contributed by atoms with Crippen LogP contribution in [0.2, 0.25) is 0 Å². The summed E-state index contributed by atoms with van der Waals surface area (Å²) in [6, 6.07) is 5.48. The van der Waals surface area contributed by atoms with Gasteiger partial charge in [-0.2, -0.15) is 0 Å². The molecule has 1 aromatic rings. The molecule has 19 heavy (non-hydrogen) atoms. The Kier molecular flexibility index (Phi) is 6.42. The second-order valence-corrected chi connectivity index (χ2v) is 5.40. The standard InChI is InChI=1S/C15H26FN3/c1-12-6-7-13(10-14(12)16)15(11-17)19(4)9-5-8-18(2)3/h6-7,10,15H,5,8-9,11,17H2,1-4H3. The molecule has 0 aliphatic carbocycles. The number of likely N-dealkylation sites (N-methyl/N-ethyl adjacent to an activating group) is 1. The predicted octanol–water partition coefficient (Wildman–Crippen LogP) is 2.02. The van der Waals surface area contributed by atoms with Gasteiger partial charge in [-0.1, -0.05) is 12.1 Å². The van der Waals surface area contributed by atoms with Crippen LogP contribution in [0.5, 0.6) is 0 Å². The Labute approximate surface area is 116 Å². The number of nitrogens with two attached hydrogens (primary N) is 1. The van der Waals surface area contributed by atoms with E-state index in [0.717, 1.165) is 25.1 Å². The SMILES string of the molecule is Cc1ccc(C(CN)N(C)CCCN(C)C)cc1F. The van der Waals surface area contributed by atoms with E-state index >= 15 is 0 Å². The van der Waals surface area contributed by atoms with E-state index in [1.165, 1.54) is 0 Å². The summed E-state index contributed by atoms with van der Waals surface area (Å²) >= 11 is 0. The lowest BCUT2D eigenvalue weighted by Gasteiger charge is -2.28. The van der Waals surface area contributed by atoms with Gasteiger partial charge in [0.2, 0.25) is 0 Å². The van der Waals surface area contributed by atoms with E-state index in [1.807, 2.05) is 19.2 Å².